The fraction of sp³-hybridized carbons (Fsp3) is 0.625. The molecule has 1 fully saturated rings. The largest absolute Gasteiger partial charge is 0.396 e. The topological polar surface area (TPSA) is 24.8 Å². The number of hydrogen-bond acceptors (Lipinski definition) is 3. The molecule has 0 spiro atoms. The third kappa shape index (κ3) is 8.30. The summed E-state index contributed by atoms with van der Waals surface area (Å²) < 4.78 is 0. The number of unbranched alkanes of at least 4 members (excludes halogenated alkanes) is 3. The molecule has 2 rings (SSSR count). The molecule has 0 aliphatic heterocycles. The molecule has 1 atom stereocenters. The second kappa shape index (κ2) is 12.7. The standard InChI is InChI=1S/C24H38N2O/c1-4-5-6-10-15-22-16-11-17-23(20-21-13-8-7-9-14-21)24(22)25-27-19-12-18-26(2)3/h7-9,13-14,20,22H,4-6,10-12,15-19H2,1-3H3/t22-/m0/s1. The van der Waals surface area contributed by atoms with Gasteiger partial charge in [0.15, 0.2) is 0 Å². The van der Waals surface area contributed by atoms with Gasteiger partial charge >= 0.3 is 0 Å². The lowest BCUT2D eigenvalue weighted by molar-refractivity contribution is 0.133. The second-order valence-electron chi connectivity index (χ2n) is 7.99. The van der Waals surface area contributed by atoms with Crippen LogP contribution in [0.3, 0.4) is 0 Å². The highest BCUT2D eigenvalue weighted by Gasteiger charge is 2.25. The van der Waals surface area contributed by atoms with Crippen molar-refractivity contribution < 1.29 is 4.84 Å². The van der Waals surface area contributed by atoms with Gasteiger partial charge in [-0.25, -0.2) is 0 Å². The number of hydrogen-bond donors (Lipinski definition) is 0. The lowest BCUT2D eigenvalue weighted by Crippen LogP contribution is -2.23. The maximum absolute atomic E-state index is 5.77. The molecule has 0 unspecified atom stereocenters. The first kappa shape index (κ1) is 21.7. The van der Waals surface area contributed by atoms with Gasteiger partial charge in [0.25, 0.3) is 0 Å². The van der Waals surface area contributed by atoms with Crippen LogP contribution in [0.1, 0.15) is 70.3 Å². The third-order valence-electron chi connectivity index (χ3n) is 5.26. The molecule has 1 saturated carbocycles. The Kier molecular flexibility index (Phi) is 10.2. The second-order valence-corrected chi connectivity index (χ2v) is 7.99. The van der Waals surface area contributed by atoms with Crippen molar-refractivity contribution in [3.8, 4) is 0 Å². The van der Waals surface area contributed by atoms with E-state index in [1.807, 2.05) is 0 Å². The van der Waals surface area contributed by atoms with Crippen LogP contribution in [0.4, 0.5) is 0 Å². The van der Waals surface area contributed by atoms with Crippen molar-refractivity contribution in [2.75, 3.05) is 27.2 Å². The van der Waals surface area contributed by atoms with Crippen LogP contribution in [0.15, 0.2) is 41.1 Å². The Morgan fingerprint density at radius 2 is 1.93 bits per heavy atom. The van der Waals surface area contributed by atoms with Crippen molar-refractivity contribution in [2.45, 2.75) is 64.7 Å². The molecule has 0 N–H and O–H groups in total. The molecule has 0 saturated heterocycles. The van der Waals surface area contributed by atoms with Crippen molar-refractivity contribution in [1.29, 1.82) is 0 Å². The van der Waals surface area contributed by atoms with Gasteiger partial charge in [-0.2, -0.15) is 0 Å². The number of benzene rings is 1. The normalized spacial score (nSPS) is 20.5. The average molecular weight is 371 g/mol. The summed E-state index contributed by atoms with van der Waals surface area (Å²) in [5, 5.41) is 4.67. The first-order valence-corrected chi connectivity index (χ1v) is 10.8. The van der Waals surface area contributed by atoms with Gasteiger partial charge in [-0.15, -0.1) is 0 Å². The summed E-state index contributed by atoms with van der Waals surface area (Å²) in [5.41, 5.74) is 3.85. The molecule has 0 bridgehead atoms. The molecule has 3 heteroatoms. The molecule has 0 radical (unpaired) electrons. The average Bonchev–Trinajstić information content (AvgIpc) is 2.67. The number of allylic oxidation sites excluding steroid dienone is 1. The monoisotopic (exact) mass is 370 g/mol. The Morgan fingerprint density at radius 3 is 2.67 bits per heavy atom. The molecule has 0 heterocycles. The van der Waals surface area contributed by atoms with E-state index in [0.717, 1.165) is 19.4 Å². The molecule has 150 valence electrons. The SMILES string of the molecule is CCCCCC[C@H]1CCCC(=Cc2ccccc2)C1=NOCCCN(C)C. The maximum Gasteiger partial charge on any atom is 0.118 e. The summed E-state index contributed by atoms with van der Waals surface area (Å²) in [7, 11) is 4.19. The highest BCUT2D eigenvalue weighted by atomic mass is 16.6. The molecule has 0 aromatic heterocycles. The summed E-state index contributed by atoms with van der Waals surface area (Å²) in [4.78, 5) is 7.96. The molecule has 3 nitrogen and oxygen atoms in total. The van der Waals surface area contributed by atoms with E-state index in [4.69, 9.17) is 4.84 Å². The van der Waals surface area contributed by atoms with E-state index in [1.54, 1.807) is 0 Å². The van der Waals surface area contributed by atoms with Crippen molar-refractivity contribution in [1.82, 2.24) is 4.90 Å². The molecule has 1 aliphatic carbocycles. The minimum Gasteiger partial charge on any atom is -0.396 e. The van der Waals surface area contributed by atoms with E-state index in [-0.39, 0.29) is 0 Å². The van der Waals surface area contributed by atoms with E-state index < -0.39 is 0 Å². The molecule has 1 aromatic carbocycles. The van der Waals surface area contributed by atoms with Crippen LogP contribution in [0, 0.1) is 5.92 Å². The first-order valence-electron chi connectivity index (χ1n) is 10.8. The summed E-state index contributed by atoms with van der Waals surface area (Å²) in [6, 6.07) is 10.6. The maximum atomic E-state index is 5.77. The highest BCUT2D eigenvalue weighted by molar-refractivity contribution is 6.05. The summed E-state index contributed by atoms with van der Waals surface area (Å²) in [5.74, 6) is 0.555. The van der Waals surface area contributed by atoms with Crippen molar-refractivity contribution in [3.63, 3.8) is 0 Å². The first-order chi connectivity index (χ1) is 13.2. The molecular weight excluding hydrogens is 332 g/mol. The molecule has 0 amide bonds. The smallest absolute Gasteiger partial charge is 0.118 e. The van der Waals surface area contributed by atoms with Crippen LogP contribution in [0.25, 0.3) is 6.08 Å². The van der Waals surface area contributed by atoms with E-state index in [9.17, 15) is 0 Å². The molecule has 1 aromatic rings. The van der Waals surface area contributed by atoms with Crippen LogP contribution >= 0.6 is 0 Å². The zero-order chi connectivity index (χ0) is 19.3. The van der Waals surface area contributed by atoms with Crippen LogP contribution < -0.4 is 0 Å². The van der Waals surface area contributed by atoms with Crippen LogP contribution in [0.2, 0.25) is 0 Å². The quantitative estimate of drug-likeness (QED) is 0.344. The zero-order valence-electron chi connectivity index (χ0n) is 17.6. The van der Waals surface area contributed by atoms with Crippen LogP contribution in [-0.2, 0) is 4.84 Å². The predicted molar refractivity (Wildman–Crippen MR) is 117 cm³/mol. The van der Waals surface area contributed by atoms with E-state index in [1.165, 1.54) is 61.8 Å². The Bertz CT molecular complexity index is 577. The lowest BCUT2D eigenvalue weighted by Gasteiger charge is -2.26. The van der Waals surface area contributed by atoms with Gasteiger partial charge in [0.05, 0.1) is 5.71 Å². The Balaban J connectivity index is 2.06. The highest BCUT2D eigenvalue weighted by Crippen LogP contribution is 2.31. The van der Waals surface area contributed by atoms with Crippen LogP contribution in [0.5, 0.6) is 0 Å². The van der Waals surface area contributed by atoms with E-state index in [0.29, 0.717) is 12.5 Å². The number of rotatable bonds is 11. The summed E-state index contributed by atoms with van der Waals surface area (Å²) in [6.07, 6.45) is 13.5. The fourth-order valence-electron chi connectivity index (χ4n) is 3.75. The summed E-state index contributed by atoms with van der Waals surface area (Å²) >= 11 is 0. The minimum absolute atomic E-state index is 0.555. The van der Waals surface area contributed by atoms with Gasteiger partial charge in [0.1, 0.15) is 6.61 Å². The molecule has 27 heavy (non-hydrogen) atoms. The van der Waals surface area contributed by atoms with Gasteiger partial charge in [0.2, 0.25) is 0 Å². The number of nitrogens with zero attached hydrogens (tertiary/aromatic N) is 2. The summed E-state index contributed by atoms with van der Waals surface area (Å²) in [6.45, 7) is 4.01. The predicted octanol–water partition coefficient (Wildman–Crippen LogP) is 6.16. The Morgan fingerprint density at radius 1 is 1.11 bits per heavy atom. The van der Waals surface area contributed by atoms with Gasteiger partial charge in [0, 0.05) is 12.5 Å². The lowest BCUT2D eigenvalue weighted by atomic mass is 9.80. The van der Waals surface area contributed by atoms with Crippen molar-refractivity contribution in [2.24, 2.45) is 11.1 Å². The van der Waals surface area contributed by atoms with Gasteiger partial charge in [-0.3, -0.25) is 0 Å². The van der Waals surface area contributed by atoms with Crippen molar-refractivity contribution >= 4 is 11.8 Å². The zero-order valence-corrected chi connectivity index (χ0v) is 17.6. The Labute approximate surface area is 166 Å². The molecule has 1 aliphatic rings. The molecular formula is C24H38N2O. The van der Waals surface area contributed by atoms with Gasteiger partial charge < -0.3 is 9.74 Å². The van der Waals surface area contributed by atoms with Crippen molar-refractivity contribution in [3.05, 3.63) is 41.5 Å². The fourth-order valence-corrected chi connectivity index (χ4v) is 3.75. The van der Waals surface area contributed by atoms with E-state index >= 15 is 0 Å². The van der Waals surface area contributed by atoms with E-state index in [2.05, 4.69) is 67.5 Å². The third-order valence-corrected chi connectivity index (χ3v) is 5.26. The Hall–Kier alpha value is -1.61. The minimum atomic E-state index is 0.555. The number of oxime groups is 1. The van der Waals surface area contributed by atoms with Gasteiger partial charge in [-0.05, 0) is 63.4 Å². The van der Waals surface area contributed by atoms with Gasteiger partial charge in [-0.1, -0.05) is 68.1 Å². The van der Waals surface area contributed by atoms with Crippen LogP contribution in [-0.4, -0.2) is 37.9 Å².